The number of aromatic amines is 1. The lowest BCUT2D eigenvalue weighted by molar-refractivity contribution is 0.0967. The van der Waals surface area contributed by atoms with Crippen molar-refractivity contribution >= 4 is 27.7 Å². The van der Waals surface area contributed by atoms with Crippen molar-refractivity contribution in [3.05, 3.63) is 64.7 Å². The summed E-state index contributed by atoms with van der Waals surface area (Å²) in [6, 6.07) is 14.5. The lowest BCUT2D eigenvalue weighted by atomic mass is 9.92. The molecular weight excluding hydrogens is 324 g/mol. The highest BCUT2D eigenvalue weighted by Crippen LogP contribution is 2.48. The van der Waals surface area contributed by atoms with Crippen LogP contribution in [0.3, 0.4) is 0 Å². The number of nitrogens with one attached hydrogen (secondary N) is 2. The molecule has 0 saturated carbocycles. The third-order valence-corrected chi connectivity index (χ3v) is 5.77. The summed E-state index contributed by atoms with van der Waals surface area (Å²) >= 11 is 0. The van der Waals surface area contributed by atoms with Gasteiger partial charge >= 0.3 is 0 Å². The van der Waals surface area contributed by atoms with Crippen LogP contribution >= 0.6 is 0 Å². The van der Waals surface area contributed by atoms with Gasteiger partial charge in [0.25, 0.3) is 5.91 Å². The van der Waals surface area contributed by atoms with Crippen molar-refractivity contribution in [2.75, 3.05) is 7.11 Å². The topological polar surface area (TPSA) is 54.1 Å². The van der Waals surface area contributed by atoms with Crippen molar-refractivity contribution in [3.63, 3.8) is 0 Å². The van der Waals surface area contributed by atoms with Crippen LogP contribution in [0.15, 0.2) is 42.5 Å². The van der Waals surface area contributed by atoms with Crippen molar-refractivity contribution in [1.82, 2.24) is 10.3 Å². The maximum absolute atomic E-state index is 12.7. The number of carbonyl (C=O) groups excluding carboxylic acids is 1. The summed E-state index contributed by atoms with van der Waals surface area (Å²) in [6.45, 7) is 0.586. The molecule has 1 aliphatic carbocycles. The second-order valence-electron chi connectivity index (χ2n) is 7.01. The number of aromatic nitrogens is 1. The molecule has 0 spiro atoms. The molecule has 0 radical (unpaired) electrons. The van der Waals surface area contributed by atoms with Gasteiger partial charge in [-0.1, -0.05) is 24.3 Å². The number of ether oxygens (including phenoxy) is 1. The molecular formula is C22H16N2O2. The summed E-state index contributed by atoms with van der Waals surface area (Å²) in [5.41, 5.74) is 9.07. The van der Waals surface area contributed by atoms with Gasteiger partial charge < -0.3 is 15.0 Å². The molecule has 2 aliphatic rings. The molecule has 1 aliphatic heterocycles. The molecule has 0 fully saturated rings. The highest BCUT2D eigenvalue weighted by molar-refractivity contribution is 6.22. The minimum atomic E-state index is 0.0221. The van der Waals surface area contributed by atoms with Gasteiger partial charge in [-0.15, -0.1) is 0 Å². The molecule has 0 saturated heterocycles. The standard InChI is InChI=1S/C22H16N2O2/c1-26-12-7-6-11-8-15-18(14(11)9-12)16-10-23-22(25)20(16)19-13-4-2-3-5-17(13)24-21(15)19/h2-7,9,24H,8,10H2,1H3,(H,23,25). The summed E-state index contributed by atoms with van der Waals surface area (Å²) in [5, 5.41) is 5.21. The smallest absolute Gasteiger partial charge is 0.252 e. The fourth-order valence-corrected chi connectivity index (χ4v) is 4.66. The predicted molar refractivity (Wildman–Crippen MR) is 102 cm³/mol. The highest BCUT2D eigenvalue weighted by Gasteiger charge is 2.34. The maximum atomic E-state index is 12.7. The van der Waals surface area contributed by atoms with E-state index in [1.165, 1.54) is 22.3 Å². The van der Waals surface area contributed by atoms with E-state index in [2.05, 4.69) is 34.6 Å². The summed E-state index contributed by atoms with van der Waals surface area (Å²) in [6.07, 6.45) is 0.874. The average Bonchev–Trinajstić information content (AvgIpc) is 3.33. The van der Waals surface area contributed by atoms with E-state index in [1.807, 2.05) is 18.2 Å². The van der Waals surface area contributed by atoms with Gasteiger partial charge in [0, 0.05) is 29.3 Å². The first kappa shape index (κ1) is 14.0. The largest absolute Gasteiger partial charge is 0.497 e. The molecule has 126 valence electrons. The molecule has 2 heterocycles. The van der Waals surface area contributed by atoms with Gasteiger partial charge in [-0.25, -0.2) is 0 Å². The fourth-order valence-electron chi connectivity index (χ4n) is 4.66. The Morgan fingerprint density at radius 3 is 2.81 bits per heavy atom. The van der Waals surface area contributed by atoms with E-state index in [-0.39, 0.29) is 5.91 Å². The van der Waals surface area contributed by atoms with Crippen LogP contribution < -0.4 is 10.1 Å². The third-order valence-electron chi connectivity index (χ3n) is 5.77. The van der Waals surface area contributed by atoms with Gasteiger partial charge in [0.05, 0.1) is 18.2 Å². The average molecular weight is 340 g/mol. The first-order valence-electron chi connectivity index (χ1n) is 8.80. The van der Waals surface area contributed by atoms with Crippen molar-refractivity contribution in [1.29, 1.82) is 0 Å². The number of fused-ring (bicyclic) bond motifs is 10. The Labute approximate surface area is 149 Å². The molecule has 2 N–H and O–H groups in total. The quantitative estimate of drug-likeness (QED) is 0.482. The van der Waals surface area contributed by atoms with Crippen molar-refractivity contribution < 1.29 is 9.53 Å². The Bertz CT molecular complexity index is 1270. The number of para-hydroxylation sites is 1. The number of amides is 1. The summed E-state index contributed by atoms with van der Waals surface area (Å²) < 4.78 is 5.44. The molecule has 0 unspecified atom stereocenters. The van der Waals surface area contributed by atoms with Crippen LogP contribution in [0.4, 0.5) is 0 Å². The molecule has 1 amide bonds. The zero-order valence-corrected chi connectivity index (χ0v) is 14.3. The molecule has 4 aromatic rings. The minimum absolute atomic E-state index is 0.0221. The molecule has 26 heavy (non-hydrogen) atoms. The van der Waals surface area contributed by atoms with E-state index < -0.39 is 0 Å². The monoisotopic (exact) mass is 340 g/mol. The lowest BCUT2D eigenvalue weighted by Gasteiger charge is -2.10. The molecule has 4 heteroatoms. The van der Waals surface area contributed by atoms with Crippen LogP contribution in [-0.2, 0) is 13.0 Å². The van der Waals surface area contributed by atoms with Crippen LogP contribution in [0, 0.1) is 0 Å². The first-order valence-corrected chi connectivity index (χ1v) is 8.80. The zero-order valence-electron chi connectivity index (χ0n) is 14.3. The van der Waals surface area contributed by atoms with Gasteiger partial charge in [-0.05, 0) is 46.0 Å². The van der Waals surface area contributed by atoms with Crippen LogP contribution in [0.25, 0.3) is 32.9 Å². The number of hydrogen-bond acceptors (Lipinski definition) is 2. The molecule has 0 atom stereocenters. The highest BCUT2D eigenvalue weighted by atomic mass is 16.5. The molecule has 1 aromatic heterocycles. The van der Waals surface area contributed by atoms with Gasteiger partial charge in [-0.3, -0.25) is 4.79 Å². The Balaban J connectivity index is 1.82. The van der Waals surface area contributed by atoms with E-state index in [0.717, 1.165) is 45.1 Å². The van der Waals surface area contributed by atoms with Gasteiger partial charge in [0.2, 0.25) is 0 Å². The third kappa shape index (κ3) is 1.57. The minimum Gasteiger partial charge on any atom is -0.497 e. The fraction of sp³-hybridized carbons (Fsp3) is 0.136. The number of rotatable bonds is 1. The van der Waals surface area contributed by atoms with E-state index in [4.69, 9.17) is 4.74 Å². The number of H-pyrrole nitrogens is 1. The normalized spacial score (nSPS) is 14.4. The van der Waals surface area contributed by atoms with E-state index in [9.17, 15) is 4.79 Å². The Morgan fingerprint density at radius 2 is 1.92 bits per heavy atom. The molecule has 3 aromatic carbocycles. The number of benzene rings is 3. The summed E-state index contributed by atoms with van der Waals surface area (Å²) in [5.74, 6) is 0.869. The Hall–Kier alpha value is -3.27. The van der Waals surface area contributed by atoms with E-state index >= 15 is 0 Å². The summed E-state index contributed by atoms with van der Waals surface area (Å²) in [7, 11) is 1.69. The lowest BCUT2D eigenvalue weighted by Crippen LogP contribution is -2.12. The Morgan fingerprint density at radius 1 is 1.04 bits per heavy atom. The van der Waals surface area contributed by atoms with Gasteiger partial charge in [0.15, 0.2) is 0 Å². The molecule has 0 bridgehead atoms. The second kappa shape index (κ2) is 4.67. The van der Waals surface area contributed by atoms with Crippen LogP contribution in [0.1, 0.15) is 27.0 Å². The molecule has 4 nitrogen and oxygen atoms in total. The van der Waals surface area contributed by atoms with E-state index in [0.29, 0.717) is 6.54 Å². The molecule has 6 rings (SSSR count). The predicted octanol–water partition coefficient (Wildman–Crippen LogP) is 4.14. The van der Waals surface area contributed by atoms with E-state index in [1.54, 1.807) is 7.11 Å². The van der Waals surface area contributed by atoms with Crippen molar-refractivity contribution in [2.24, 2.45) is 0 Å². The van der Waals surface area contributed by atoms with Gasteiger partial charge in [0.1, 0.15) is 5.75 Å². The van der Waals surface area contributed by atoms with Crippen molar-refractivity contribution in [3.8, 4) is 16.9 Å². The van der Waals surface area contributed by atoms with Crippen LogP contribution in [0.5, 0.6) is 5.75 Å². The summed E-state index contributed by atoms with van der Waals surface area (Å²) in [4.78, 5) is 16.3. The SMILES string of the molecule is COc1ccc2c(c1)-c1c3c(c4c([nH]c5ccccc54)c1C2)C(=O)NC3. The Kier molecular flexibility index (Phi) is 2.51. The van der Waals surface area contributed by atoms with Crippen LogP contribution in [-0.4, -0.2) is 18.0 Å². The van der Waals surface area contributed by atoms with Crippen LogP contribution in [0.2, 0.25) is 0 Å². The zero-order chi connectivity index (χ0) is 17.4. The van der Waals surface area contributed by atoms with Gasteiger partial charge in [-0.2, -0.15) is 0 Å². The number of methoxy groups -OCH3 is 1. The van der Waals surface area contributed by atoms with Crippen molar-refractivity contribution in [2.45, 2.75) is 13.0 Å². The maximum Gasteiger partial charge on any atom is 0.252 e. The number of hydrogen-bond donors (Lipinski definition) is 2. The number of carbonyl (C=O) groups is 1. The second-order valence-corrected chi connectivity index (χ2v) is 7.01. The first-order chi connectivity index (χ1) is 12.8.